The van der Waals surface area contributed by atoms with Crippen molar-refractivity contribution in [2.45, 2.75) is 57.3 Å². The zero-order chi connectivity index (χ0) is 19.2. The first kappa shape index (κ1) is 20.0. The van der Waals surface area contributed by atoms with Crippen molar-refractivity contribution in [3.8, 4) is 0 Å². The van der Waals surface area contributed by atoms with E-state index in [1.54, 1.807) is 26.0 Å². The molecule has 7 nitrogen and oxygen atoms in total. The second kappa shape index (κ2) is 8.84. The monoisotopic (exact) mass is 380 g/mol. The molecule has 142 valence electrons. The molecule has 0 aliphatic carbocycles. The summed E-state index contributed by atoms with van der Waals surface area (Å²) in [6.45, 7) is 3.46. The van der Waals surface area contributed by atoms with Crippen LogP contribution in [0, 0.1) is 13.8 Å². The Balaban J connectivity index is 1.93. The van der Waals surface area contributed by atoms with Gasteiger partial charge in [-0.15, -0.1) is 0 Å². The second-order valence-electron chi connectivity index (χ2n) is 6.22. The van der Waals surface area contributed by atoms with Crippen LogP contribution in [0.3, 0.4) is 0 Å². The second-order valence-corrected chi connectivity index (χ2v) is 7.90. The molecule has 2 aromatic rings. The van der Waals surface area contributed by atoms with Gasteiger partial charge in [0.25, 0.3) is 10.0 Å². The number of carbonyl (C=O) groups is 1. The summed E-state index contributed by atoms with van der Waals surface area (Å²) in [7, 11) is -3.76. The molecule has 26 heavy (non-hydrogen) atoms. The third-order valence-corrected chi connectivity index (χ3v) is 5.38. The molecule has 0 fully saturated rings. The van der Waals surface area contributed by atoms with Gasteiger partial charge in [-0.2, -0.15) is 4.98 Å². The molecular formula is C18H24N2O5S. The average molecular weight is 380 g/mol. The number of hydrogen-bond acceptors (Lipinski definition) is 5. The van der Waals surface area contributed by atoms with Crippen molar-refractivity contribution in [2.24, 2.45) is 0 Å². The molecule has 2 rings (SSSR count). The Labute approximate surface area is 153 Å². The van der Waals surface area contributed by atoms with E-state index in [0.29, 0.717) is 17.9 Å². The number of unbranched alkanes of at least 4 members (excludes halogenated alkanes) is 3. The highest BCUT2D eigenvalue weighted by Crippen LogP contribution is 2.20. The van der Waals surface area contributed by atoms with E-state index in [1.807, 2.05) is 6.07 Å². The number of hydrogen-bond donors (Lipinski definition) is 2. The van der Waals surface area contributed by atoms with Crippen molar-refractivity contribution < 1.29 is 22.7 Å². The Bertz CT molecular complexity index is 839. The number of nitrogens with zero attached hydrogens (tertiary/aromatic N) is 1. The molecule has 1 heterocycles. The lowest BCUT2D eigenvalue weighted by molar-refractivity contribution is -0.137. The van der Waals surface area contributed by atoms with Gasteiger partial charge >= 0.3 is 12.0 Å². The summed E-state index contributed by atoms with van der Waals surface area (Å²) >= 11 is 0. The fourth-order valence-corrected chi connectivity index (χ4v) is 3.52. The van der Waals surface area contributed by atoms with E-state index in [2.05, 4.69) is 9.71 Å². The predicted molar refractivity (Wildman–Crippen MR) is 97.7 cm³/mol. The van der Waals surface area contributed by atoms with Gasteiger partial charge in [0.05, 0.1) is 10.6 Å². The summed E-state index contributed by atoms with van der Waals surface area (Å²) in [6.07, 6.45) is 4.26. The van der Waals surface area contributed by atoms with Crippen molar-refractivity contribution in [3.05, 3.63) is 41.3 Å². The van der Waals surface area contributed by atoms with Gasteiger partial charge < -0.3 is 9.52 Å². The van der Waals surface area contributed by atoms with Gasteiger partial charge in [0, 0.05) is 6.42 Å². The Kier molecular flexibility index (Phi) is 6.79. The summed E-state index contributed by atoms with van der Waals surface area (Å²) in [5.41, 5.74) is 1.56. The Morgan fingerprint density at radius 1 is 1.19 bits per heavy atom. The maximum atomic E-state index is 12.5. The smallest absolute Gasteiger partial charge is 0.309 e. The molecule has 1 aromatic heterocycles. The van der Waals surface area contributed by atoms with Crippen molar-refractivity contribution >= 4 is 22.0 Å². The summed E-state index contributed by atoms with van der Waals surface area (Å²) < 4.78 is 32.6. The van der Waals surface area contributed by atoms with E-state index < -0.39 is 16.0 Å². The van der Waals surface area contributed by atoms with Crippen molar-refractivity contribution in [1.82, 2.24) is 4.98 Å². The molecule has 1 aromatic carbocycles. The largest absolute Gasteiger partial charge is 0.481 e. The number of carboxylic acid groups (broad SMARTS) is 1. The maximum Gasteiger partial charge on any atom is 0.309 e. The molecule has 0 unspecified atom stereocenters. The number of benzene rings is 1. The minimum absolute atomic E-state index is 0.0381. The van der Waals surface area contributed by atoms with Crippen molar-refractivity contribution in [1.29, 1.82) is 0 Å². The number of rotatable bonds is 10. The van der Waals surface area contributed by atoms with Crippen LogP contribution >= 0.6 is 0 Å². The third-order valence-electron chi connectivity index (χ3n) is 4.07. The lowest BCUT2D eigenvalue weighted by atomic mass is 10.1. The third kappa shape index (κ3) is 5.87. The number of carboxylic acids is 1. The summed E-state index contributed by atoms with van der Waals surface area (Å²) in [6, 6.07) is 6.73. The van der Waals surface area contributed by atoms with Crippen LogP contribution in [0.25, 0.3) is 0 Å². The number of aliphatic carboxylic acids is 1. The molecule has 0 amide bonds. The fraction of sp³-hybridized carbons (Fsp3) is 0.444. The summed E-state index contributed by atoms with van der Waals surface area (Å²) in [4.78, 5) is 14.7. The van der Waals surface area contributed by atoms with E-state index in [-0.39, 0.29) is 17.3 Å². The van der Waals surface area contributed by atoms with E-state index in [4.69, 9.17) is 9.52 Å². The molecule has 0 bridgehead atoms. The van der Waals surface area contributed by atoms with E-state index in [0.717, 1.165) is 31.2 Å². The minimum atomic E-state index is -3.76. The summed E-state index contributed by atoms with van der Waals surface area (Å²) in [5.74, 6) is -0.203. The minimum Gasteiger partial charge on any atom is -0.481 e. The van der Waals surface area contributed by atoms with Crippen molar-refractivity contribution in [2.75, 3.05) is 4.72 Å². The van der Waals surface area contributed by atoms with Crippen LogP contribution in [0.15, 0.2) is 33.6 Å². The fourth-order valence-electron chi connectivity index (χ4n) is 2.52. The molecule has 8 heteroatoms. The molecule has 0 aliphatic heterocycles. The highest BCUT2D eigenvalue weighted by Gasteiger charge is 2.18. The number of anilines is 1. The van der Waals surface area contributed by atoms with Gasteiger partial charge in [-0.3, -0.25) is 4.79 Å². The number of nitrogens with one attached hydrogen (secondary N) is 1. The van der Waals surface area contributed by atoms with Crippen LogP contribution in [0.2, 0.25) is 0 Å². The Hall–Kier alpha value is -2.35. The lowest BCUT2D eigenvalue weighted by Gasteiger charge is -2.07. The molecule has 0 atom stereocenters. The first-order valence-corrected chi connectivity index (χ1v) is 10.0. The Morgan fingerprint density at radius 3 is 2.58 bits per heavy atom. The van der Waals surface area contributed by atoms with Crippen LogP contribution in [-0.2, 0) is 21.2 Å². The van der Waals surface area contributed by atoms with Gasteiger partial charge in [0.2, 0.25) is 0 Å². The molecule has 0 saturated heterocycles. The van der Waals surface area contributed by atoms with Gasteiger partial charge in [-0.1, -0.05) is 25.0 Å². The number of oxazole rings is 1. The van der Waals surface area contributed by atoms with Gasteiger partial charge in [-0.05, 0) is 50.8 Å². The van der Waals surface area contributed by atoms with Crippen molar-refractivity contribution in [3.63, 3.8) is 0 Å². The van der Waals surface area contributed by atoms with Crippen LogP contribution in [0.5, 0.6) is 0 Å². The lowest BCUT2D eigenvalue weighted by Crippen LogP contribution is -2.13. The van der Waals surface area contributed by atoms with Gasteiger partial charge in [0.15, 0.2) is 0 Å². The van der Waals surface area contributed by atoms with Gasteiger partial charge in [-0.25, -0.2) is 13.1 Å². The van der Waals surface area contributed by atoms with E-state index >= 15 is 0 Å². The first-order chi connectivity index (χ1) is 12.3. The SMILES string of the molecule is Cc1nc(NS(=O)(=O)c2cccc(CCCCCCC(=O)O)c2)oc1C. The van der Waals surface area contributed by atoms with Crippen LogP contribution in [-0.4, -0.2) is 24.5 Å². The van der Waals surface area contributed by atoms with Gasteiger partial charge in [0.1, 0.15) is 5.76 Å². The van der Waals surface area contributed by atoms with E-state index in [1.165, 1.54) is 6.07 Å². The molecule has 0 aliphatic rings. The standard InChI is InChI=1S/C18H24N2O5S/c1-13-14(2)25-18(19-13)20-26(23,24)16-10-7-9-15(12-16)8-5-3-4-6-11-17(21)22/h7,9-10,12H,3-6,8,11H2,1-2H3,(H,19,20)(H,21,22). The maximum absolute atomic E-state index is 12.5. The topological polar surface area (TPSA) is 110 Å². The van der Waals surface area contributed by atoms with Crippen LogP contribution in [0.1, 0.15) is 49.1 Å². The quantitative estimate of drug-likeness (QED) is 0.609. The van der Waals surface area contributed by atoms with E-state index in [9.17, 15) is 13.2 Å². The zero-order valence-corrected chi connectivity index (χ0v) is 15.8. The molecule has 2 N–H and O–H groups in total. The molecule has 0 radical (unpaired) electrons. The molecule has 0 spiro atoms. The number of sulfonamides is 1. The summed E-state index contributed by atoms with van der Waals surface area (Å²) in [5, 5.41) is 8.60. The van der Waals surface area contributed by atoms with Crippen LogP contribution < -0.4 is 4.72 Å². The average Bonchev–Trinajstić information content (AvgIpc) is 2.87. The zero-order valence-electron chi connectivity index (χ0n) is 15.0. The molecule has 0 saturated carbocycles. The number of aryl methyl sites for hydroxylation is 3. The first-order valence-electron chi connectivity index (χ1n) is 8.55. The predicted octanol–water partition coefficient (Wildman–Crippen LogP) is 3.67. The van der Waals surface area contributed by atoms with Crippen LogP contribution in [0.4, 0.5) is 6.01 Å². The molecular weight excluding hydrogens is 356 g/mol. The Morgan fingerprint density at radius 2 is 1.92 bits per heavy atom. The highest BCUT2D eigenvalue weighted by atomic mass is 32.2. The number of aromatic nitrogens is 1. The highest BCUT2D eigenvalue weighted by molar-refractivity contribution is 7.92. The normalized spacial score (nSPS) is 11.5.